The molecule has 0 saturated carbocycles. The molecule has 0 bridgehead atoms. The fourth-order valence-corrected chi connectivity index (χ4v) is 9.40. The summed E-state index contributed by atoms with van der Waals surface area (Å²) >= 11 is 0. The molecule has 262 valence electrons. The van der Waals surface area contributed by atoms with Gasteiger partial charge in [-0.3, -0.25) is 0 Å². The minimum absolute atomic E-state index is 0.380. The quantitative estimate of drug-likeness (QED) is 0.155. The molecule has 9 aromatic carbocycles. The summed E-state index contributed by atoms with van der Waals surface area (Å²) in [7, 11) is 0. The fourth-order valence-electron chi connectivity index (χ4n) is 9.40. The van der Waals surface area contributed by atoms with Crippen molar-refractivity contribution in [2.45, 2.75) is 5.41 Å². The predicted molar refractivity (Wildman–Crippen MR) is 236 cm³/mol. The van der Waals surface area contributed by atoms with Crippen LogP contribution in [0, 0.1) is 0 Å². The maximum Gasteiger partial charge on any atom is 0.0725 e. The van der Waals surface area contributed by atoms with Gasteiger partial charge >= 0.3 is 0 Å². The molecule has 0 heterocycles. The first-order chi connectivity index (χ1) is 27.8. The summed E-state index contributed by atoms with van der Waals surface area (Å²) in [5.74, 6) is 0. The van der Waals surface area contributed by atoms with Crippen molar-refractivity contribution in [1.29, 1.82) is 0 Å². The lowest BCUT2D eigenvalue weighted by atomic mass is 9.70. The SMILES string of the molecule is C(=C\c1ccc(N(c2ccccc2)c2ccccc2)cc1)/c1ccc(-c2ccc3c(c2)C2(c4ccccc4-3)c3ccccc3-c3c2ccc2ccccc32)cc1. The number of benzene rings is 9. The summed E-state index contributed by atoms with van der Waals surface area (Å²) in [5.41, 5.74) is 18.6. The first-order valence-corrected chi connectivity index (χ1v) is 19.4. The molecular weight excluding hydrogens is 675 g/mol. The Labute approximate surface area is 328 Å². The molecule has 1 heteroatoms. The highest BCUT2D eigenvalue weighted by molar-refractivity contribution is 6.06. The second-order valence-corrected chi connectivity index (χ2v) is 14.9. The highest BCUT2D eigenvalue weighted by atomic mass is 15.1. The Kier molecular flexibility index (Phi) is 7.47. The van der Waals surface area contributed by atoms with E-state index in [0.717, 1.165) is 22.6 Å². The van der Waals surface area contributed by atoms with Crippen LogP contribution in [-0.4, -0.2) is 0 Å². The van der Waals surface area contributed by atoms with Crippen LogP contribution in [0.2, 0.25) is 0 Å². The molecule has 1 atom stereocenters. The van der Waals surface area contributed by atoms with Gasteiger partial charge in [-0.25, -0.2) is 0 Å². The van der Waals surface area contributed by atoms with Crippen LogP contribution in [0.4, 0.5) is 17.1 Å². The Hall–Kier alpha value is -7.22. The second kappa shape index (κ2) is 13.0. The fraction of sp³-hybridized carbons (Fsp3) is 0.0182. The number of fused-ring (bicyclic) bond motifs is 12. The lowest BCUT2D eigenvalue weighted by Crippen LogP contribution is -2.25. The number of hydrogen-bond acceptors (Lipinski definition) is 1. The summed E-state index contributed by atoms with van der Waals surface area (Å²) in [4.78, 5) is 2.29. The van der Waals surface area contributed by atoms with Gasteiger partial charge in [0.15, 0.2) is 0 Å². The molecule has 2 aliphatic rings. The number of rotatable bonds is 6. The van der Waals surface area contributed by atoms with Crippen molar-refractivity contribution in [3.63, 3.8) is 0 Å². The summed E-state index contributed by atoms with van der Waals surface area (Å²) in [6.07, 6.45) is 4.40. The first kappa shape index (κ1) is 32.2. The van der Waals surface area contributed by atoms with Crippen LogP contribution in [0.25, 0.3) is 56.3 Å². The van der Waals surface area contributed by atoms with Crippen molar-refractivity contribution in [2.75, 3.05) is 4.90 Å². The zero-order valence-electron chi connectivity index (χ0n) is 30.8. The van der Waals surface area contributed by atoms with Crippen molar-refractivity contribution in [1.82, 2.24) is 0 Å². The molecule has 0 N–H and O–H groups in total. The highest BCUT2D eigenvalue weighted by Gasteiger charge is 2.52. The van der Waals surface area contributed by atoms with E-state index in [1.165, 1.54) is 72.0 Å². The molecule has 56 heavy (non-hydrogen) atoms. The van der Waals surface area contributed by atoms with Crippen LogP contribution in [0.1, 0.15) is 33.4 Å². The monoisotopic (exact) mass is 711 g/mol. The molecule has 0 amide bonds. The van der Waals surface area contributed by atoms with E-state index in [9.17, 15) is 0 Å². The molecule has 9 aromatic rings. The lowest BCUT2D eigenvalue weighted by molar-refractivity contribution is 0.795. The topological polar surface area (TPSA) is 3.24 Å². The van der Waals surface area contributed by atoms with E-state index in [1.54, 1.807) is 0 Å². The van der Waals surface area contributed by atoms with Gasteiger partial charge in [0, 0.05) is 17.1 Å². The van der Waals surface area contributed by atoms with Crippen molar-refractivity contribution in [2.24, 2.45) is 0 Å². The Morgan fingerprint density at radius 3 is 1.55 bits per heavy atom. The average molecular weight is 712 g/mol. The van der Waals surface area contributed by atoms with Crippen molar-refractivity contribution in [3.8, 4) is 33.4 Å². The maximum absolute atomic E-state index is 2.47. The van der Waals surface area contributed by atoms with E-state index < -0.39 is 0 Å². The van der Waals surface area contributed by atoms with E-state index in [-0.39, 0.29) is 5.41 Å². The smallest absolute Gasteiger partial charge is 0.0725 e. The molecule has 11 rings (SSSR count). The van der Waals surface area contributed by atoms with Gasteiger partial charge in [0.25, 0.3) is 0 Å². The molecule has 0 saturated heterocycles. The average Bonchev–Trinajstić information content (AvgIpc) is 3.74. The van der Waals surface area contributed by atoms with Gasteiger partial charge in [0.1, 0.15) is 0 Å². The minimum Gasteiger partial charge on any atom is -0.311 e. The summed E-state index contributed by atoms with van der Waals surface area (Å²) < 4.78 is 0. The van der Waals surface area contributed by atoms with E-state index in [1.807, 2.05) is 0 Å². The van der Waals surface area contributed by atoms with Crippen LogP contribution in [0.3, 0.4) is 0 Å². The van der Waals surface area contributed by atoms with E-state index in [4.69, 9.17) is 0 Å². The van der Waals surface area contributed by atoms with Crippen molar-refractivity contribution < 1.29 is 0 Å². The Morgan fingerprint density at radius 1 is 0.339 bits per heavy atom. The number of para-hydroxylation sites is 2. The normalized spacial score (nSPS) is 14.8. The van der Waals surface area contributed by atoms with E-state index in [2.05, 4.69) is 229 Å². The molecule has 0 aromatic heterocycles. The third-order valence-electron chi connectivity index (χ3n) is 11.9. The molecule has 1 unspecified atom stereocenters. The molecule has 0 aliphatic heterocycles. The predicted octanol–water partition coefficient (Wildman–Crippen LogP) is 14.5. The maximum atomic E-state index is 2.47. The number of nitrogens with zero attached hydrogens (tertiary/aromatic N) is 1. The number of anilines is 3. The van der Waals surface area contributed by atoms with Crippen LogP contribution in [0.15, 0.2) is 212 Å². The molecular formula is C55H37N. The first-order valence-electron chi connectivity index (χ1n) is 19.4. The standard InChI is InChI=1S/C55H37N/c1-3-14-43(15-4-1)56(44-16-5-2-6-17-44)45-33-27-39(28-34-45)24-23-38-25-29-40(30-26-38)42-31-35-48-47-19-9-11-21-50(47)55(53(48)37-42)51-22-12-10-20-49(51)54-46-18-8-7-13-41(46)32-36-52(54)55/h1-37H/b24-23+. The van der Waals surface area contributed by atoms with E-state index in [0.29, 0.717) is 0 Å². The van der Waals surface area contributed by atoms with Crippen LogP contribution in [-0.2, 0) is 5.41 Å². The van der Waals surface area contributed by atoms with Gasteiger partial charge in [-0.2, -0.15) is 0 Å². The van der Waals surface area contributed by atoms with Crippen LogP contribution < -0.4 is 4.90 Å². The van der Waals surface area contributed by atoms with Crippen molar-refractivity contribution >= 4 is 40.0 Å². The van der Waals surface area contributed by atoms with Gasteiger partial charge in [-0.1, -0.05) is 182 Å². The van der Waals surface area contributed by atoms with E-state index >= 15 is 0 Å². The highest BCUT2D eigenvalue weighted by Crippen LogP contribution is 2.64. The van der Waals surface area contributed by atoms with Gasteiger partial charge in [0.05, 0.1) is 5.41 Å². The second-order valence-electron chi connectivity index (χ2n) is 14.9. The molecule has 2 aliphatic carbocycles. The van der Waals surface area contributed by atoms with Gasteiger partial charge < -0.3 is 4.90 Å². The third-order valence-corrected chi connectivity index (χ3v) is 11.9. The third kappa shape index (κ3) is 4.95. The Balaban J connectivity index is 0.934. The lowest BCUT2D eigenvalue weighted by Gasteiger charge is -2.31. The summed E-state index contributed by atoms with van der Waals surface area (Å²) in [5, 5.41) is 2.60. The molecule has 1 nitrogen and oxygen atoms in total. The summed E-state index contributed by atoms with van der Waals surface area (Å²) in [6.45, 7) is 0. The van der Waals surface area contributed by atoms with Gasteiger partial charge in [-0.05, 0) is 120 Å². The Morgan fingerprint density at radius 2 is 0.857 bits per heavy atom. The molecule has 0 radical (unpaired) electrons. The molecule has 1 spiro atoms. The van der Waals surface area contributed by atoms with Gasteiger partial charge in [-0.15, -0.1) is 0 Å². The van der Waals surface area contributed by atoms with Gasteiger partial charge in [0.2, 0.25) is 0 Å². The van der Waals surface area contributed by atoms with Crippen LogP contribution >= 0.6 is 0 Å². The van der Waals surface area contributed by atoms with Crippen molar-refractivity contribution in [3.05, 3.63) is 246 Å². The zero-order valence-corrected chi connectivity index (χ0v) is 30.8. The zero-order chi connectivity index (χ0) is 37.1. The van der Waals surface area contributed by atoms with Crippen LogP contribution in [0.5, 0.6) is 0 Å². The Bertz CT molecular complexity index is 2900. The summed E-state index contributed by atoms with van der Waals surface area (Å²) in [6, 6.07) is 77.7. The molecule has 0 fully saturated rings. The largest absolute Gasteiger partial charge is 0.311 e. The number of hydrogen-bond donors (Lipinski definition) is 0. The minimum atomic E-state index is -0.380.